The van der Waals surface area contributed by atoms with Crippen molar-refractivity contribution < 1.29 is 9.47 Å². The molecular weight excluding hydrogens is 454 g/mol. The molecule has 0 radical (unpaired) electrons. The predicted molar refractivity (Wildman–Crippen MR) is 134 cm³/mol. The van der Waals surface area contributed by atoms with Crippen molar-refractivity contribution in [3.8, 4) is 33.2 Å². The first-order valence-electron chi connectivity index (χ1n) is 10.5. The zero-order valence-electron chi connectivity index (χ0n) is 18.1. The first kappa shape index (κ1) is 21.4. The fourth-order valence-electron chi connectivity index (χ4n) is 3.67. The maximum absolute atomic E-state index is 13.3. The summed E-state index contributed by atoms with van der Waals surface area (Å²) in [7, 11) is 1.62. The average molecular weight is 476 g/mol. The van der Waals surface area contributed by atoms with Crippen LogP contribution in [0.15, 0.2) is 70.4 Å². The number of fused-ring (bicyclic) bond motifs is 1. The van der Waals surface area contributed by atoms with Crippen molar-refractivity contribution >= 4 is 32.9 Å². The predicted octanol–water partition coefficient (Wildman–Crippen LogP) is 5.70. The van der Waals surface area contributed by atoms with Gasteiger partial charge in [-0.15, -0.1) is 22.7 Å². The van der Waals surface area contributed by atoms with E-state index in [1.54, 1.807) is 18.0 Å². The van der Waals surface area contributed by atoms with E-state index < -0.39 is 0 Å². The van der Waals surface area contributed by atoms with E-state index in [0.29, 0.717) is 30.0 Å². The molecule has 6 nitrogen and oxygen atoms in total. The van der Waals surface area contributed by atoms with Crippen molar-refractivity contribution in [3.63, 3.8) is 0 Å². The summed E-state index contributed by atoms with van der Waals surface area (Å²) in [5.41, 5.74) is 3.63. The number of ether oxygens (including phenoxy) is 2. The van der Waals surface area contributed by atoms with Crippen LogP contribution < -0.4 is 15.0 Å². The van der Waals surface area contributed by atoms with E-state index in [9.17, 15) is 4.79 Å². The van der Waals surface area contributed by atoms with Crippen molar-refractivity contribution in [1.29, 1.82) is 0 Å². The number of methoxy groups -OCH3 is 1. The smallest absolute Gasteiger partial charge is 0.263 e. The van der Waals surface area contributed by atoms with E-state index >= 15 is 0 Å². The minimum Gasteiger partial charge on any atom is -0.493 e. The molecule has 0 aliphatic carbocycles. The lowest BCUT2D eigenvalue weighted by atomic mass is 10.1. The lowest BCUT2D eigenvalue weighted by Gasteiger charge is -2.10. The highest BCUT2D eigenvalue weighted by atomic mass is 32.1. The molecule has 0 saturated heterocycles. The molecule has 5 aromatic rings. The molecule has 0 amide bonds. The van der Waals surface area contributed by atoms with Crippen LogP contribution in [0.2, 0.25) is 0 Å². The summed E-state index contributed by atoms with van der Waals surface area (Å²) < 4.78 is 12.7. The Kier molecular flexibility index (Phi) is 5.93. The van der Waals surface area contributed by atoms with Gasteiger partial charge in [0, 0.05) is 21.9 Å². The molecule has 3 heterocycles. The van der Waals surface area contributed by atoms with Crippen LogP contribution in [0.1, 0.15) is 12.6 Å². The number of nitrogens with zero attached hydrogens (tertiary/aromatic N) is 3. The topological polar surface area (TPSA) is 66.2 Å². The molecule has 33 heavy (non-hydrogen) atoms. The van der Waals surface area contributed by atoms with Crippen molar-refractivity contribution in [2.24, 2.45) is 0 Å². The molecule has 166 valence electrons. The number of rotatable bonds is 7. The lowest BCUT2D eigenvalue weighted by Crippen LogP contribution is -2.21. The minimum atomic E-state index is -0.0580. The van der Waals surface area contributed by atoms with Crippen LogP contribution in [-0.2, 0) is 6.54 Å². The van der Waals surface area contributed by atoms with E-state index in [-0.39, 0.29) is 5.56 Å². The molecule has 0 aliphatic heterocycles. The Hall–Kier alpha value is -3.49. The third kappa shape index (κ3) is 4.15. The van der Waals surface area contributed by atoms with Crippen LogP contribution in [0.5, 0.6) is 11.5 Å². The van der Waals surface area contributed by atoms with Gasteiger partial charge in [0.2, 0.25) is 0 Å². The molecule has 5 rings (SSSR count). The fourth-order valence-corrected chi connectivity index (χ4v) is 5.39. The lowest BCUT2D eigenvalue weighted by molar-refractivity contribution is 0.311. The third-order valence-electron chi connectivity index (χ3n) is 5.24. The molecule has 0 fully saturated rings. The second-order valence-electron chi connectivity index (χ2n) is 7.32. The van der Waals surface area contributed by atoms with Crippen molar-refractivity contribution in [1.82, 2.24) is 14.5 Å². The summed E-state index contributed by atoms with van der Waals surface area (Å²) >= 11 is 3.02. The molecule has 0 N–H and O–H groups in total. The SMILES string of the molecule is CCOc1ccc(-c2nc(Cn3cnc4scc(-c5ccccc5)c4c3=O)cs2)cc1OC. The van der Waals surface area contributed by atoms with Crippen LogP contribution in [0, 0.1) is 0 Å². The Bertz CT molecular complexity index is 1470. The van der Waals surface area contributed by atoms with Crippen LogP contribution in [0.3, 0.4) is 0 Å². The zero-order chi connectivity index (χ0) is 22.8. The average Bonchev–Trinajstić information content (AvgIpc) is 3.50. The van der Waals surface area contributed by atoms with Gasteiger partial charge in [-0.25, -0.2) is 9.97 Å². The monoisotopic (exact) mass is 475 g/mol. The van der Waals surface area contributed by atoms with E-state index in [4.69, 9.17) is 14.5 Å². The Labute approximate surface area is 198 Å². The molecule has 8 heteroatoms. The number of hydrogen-bond acceptors (Lipinski definition) is 7. The van der Waals surface area contributed by atoms with Crippen LogP contribution in [-0.4, -0.2) is 28.3 Å². The Balaban J connectivity index is 1.46. The highest BCUT2D eigenvalue weighted by molar-refractivity contribution is 7.17. The molecular formula is C25H21N3O3S2. The van der Waals surface area contributed by atoms with Gasteiger partial charge in [0.1, 0.15) is 9.84 Å². The van der Waals surface area contributed by atoms with Gasteiger partial charge >= 0.3 is 0 Å². The van der Waals surface area contributed by atoms with Crippen LogP contribution in [0.4, 0.5) is 0 Å². The Morgan fingerprint density at radius 3 is 2.64 bits per heavy atom. The molecule has 0 saturated carbocycles. The van der Waals surface area contributed by atoms with Gasteiger partial charge in [-0.3, -0.25) is 9.36 Å². The van der Waals surface area contributed by atoms with Crippen molar-refractivity contribution in [2.75, 3.05) is 13.7 Å². The fraction of sp³-hybridized carbons (Fsp3) is 0.160. The van der Waals surface area contributed by atoms with E-state index in [1.807, 2.05) is 66.2 Å². The first-order chi connectivity index (χ1) is 16.2. The van der Waals surface area contributed by atoms with Gasteiger partial charge < -0.3 is 9.47 Å². The molecule has 0 unspecified atom stereocenters. The quantitative estimate of drug-likeness (QED) is 0.302. The van der Waals surface area contributed by atoms with Gasteiger partial charge in [-0.1, -0.05) is 30.3 Å². The van der Waals surface area contributed by atoms with Gasteiger partial charge in [-0.05, 0) is 30.7 Å². The molecule has 2 aromatic carbocycles. The summed E-state index contributed by atoms with van der Waals surface area (Å²) in [6.07, 6.45) is 1.61. The van der Waals surface area contributed by atoms with Gasteiger partial charge in [0.25, 0.3) is 5.56 Å². The molecule has 3 aromatic heterocycles. The standard InChI is InChI=1S/C25H21N3O3S2/c1-3-31-20-10-9-17(11-21(20)30-2)23-27-18(13-32-23)12-28-15-26-24-22(25(28)29)19(14-33-24)16-7-5-4-6-8-16/h4-11,13-15H,3,12H2,1-2H3. The minimum absolute atomic E-state index is 0.0580. The van der Waals surface area contributed by atoms with Crippen LogP contribution >= 0.6 is 22.7 Å². The number of aromatic nitrogens is 3. The summed E-state index contributed by atoms with van der Waals surface area (Å²) in [5.74, 6) is 1.37. The second kappa shape index (κ2) is 9.17. The Morgan fingerprint density at radius 2 is 1.85 bits per heavy atom. The van der Waals surface area contributed by atoms with Gasteiger partial charge in [-0.2, -0.15) is 0 Å². The molecule has 0 bridgehead atoms. The van der Waals surface area contributed by atoms with Crippen molar-refractivity contribution in [3.05, 3.63) is 81.7 Å². The molecule has 0 aliphatic rings. The number of hydrogen-bond donors (Lipinski definition) is 0. The number of thiophene rings is 1. The summed E-state index contributed by atoms with van der Waals surface area (Å²) in [6, 6.07) is 15.7. The zero-order valence-corrected chi connectivity index (χ0v) is 19.8. The second-order valence-corrected chi connectivity index (χ2v) is 9.03. The first-order valence-corrected chi connectivity index (χ1v) is 12.2. The van der Waals surface area contributed by atoms with E-state index in [1.165, 1.54) is 22.7 Å². The highest BCUT2D eigenvalue weighted by Gasteiger charge is 2.15. The van der Waals surface area contributed by atoms with Crippen molar-refractivity contribution in [2.45, 2.75) is 13.5 Å². The number of benzene rings is 2. The van der Waals surface area contributed by atoms with Gasteiger partial charge in [0.15, 0.2) is 11.5 Å². The maximum atomic E-state index is 13.3. The largest absolute Gasteiger partial charge is 0.493 e. The molecule has 0 spiro atoms. The van der Waals surface area contributed by atoms with Gasteiger partial charge in [0.05, 0.1) is 37.7 Å². The third-order valence-corrected chi connectivity index (χ3v) is 7.07. The summed E-state index contributed by atoms with van der Waals surface area (Å²) in [5, 5.41) is 5.48. The normalized spacial score (nSPS) is 11.1. The summed E-state index contributed by atoms with van der Waals surface area (Å²) in [6.45, 7) is 2.87. The van der Waals surface area contributed by atoms with Crippen LogP contribution in [0.25, 0.3) is 31.9 Å². The highest BCUT2D eigenvalue weighted by Crippen LogP contribution is 2.34. The maximum Gasteiger partial charge on any atom is 0.263 e. The Morgan fingerprint density at radius 1 is 1.00 bits per heavy atom. The van der Waals surface area contributed by atoms with E-state index in [0.717, 1.165) is 32.2 Å². The number of thiazole rings is 1. The molecule has 0 atom stereocenters. The summed E-state index contributed by atoms with van der Waals surface area (Å²) in [4.78, 5) is 23.3. The van der Waals surface area contributed by atoms with E-state index in [2.05, 4.69) is 4.98 Å².